The van der Waals surface area contributed by atoms with E-state index in [1.165, 1.54) is 0 Å². The third kappa shape index (κ3) is 10.7. The van der Waals surface area contributed by atoms with Crippen molar-refractivity contribution in [3.63, 3.8) is 0 Å². The van der Waals surface area contributed by atoms with Crippen molar-refractivity contribution < 1.29 is 4.92 Å². The van der Waals surface area contributed by atoms with Crippen LogP contribution < -0.4 is 5.73 Å². The Morgan fingerprint density at radius 3 is 2.14 bits per heavy atom. The first-order valence-corrected chi connectivity index (χ1v) is 1.59. The Labute approximate surface area is 47.3 Å². The Balaban J connectivity index is 0. The summed E-state index contributed by atoms with van der Waals surface area (Å²) in [5, 5.41) is 9.32. The smallest absolute Gasteiger partial charge is 0.215 e. The van der Waals surface area contributed by atoms with Crippen molar-refractivity contribution in [1.29, 1.82) is 0 Å². The zero-order chi connectivity index (χ0) is 4.99. The van der Waals surface area contributed by atoms with Crippen LogP contribution in [0.4, 0.5) is 0 Å². The summed E-state index contributed by atoms with van der Waals surface area (Å²) in [5.41, 5.74) is 4.79. The molecule has 0 unspecified atom stereocenters. The van der Waals surface area contributed by atoms with E-state index in [0.717, 1.165) is 0 Å². The molecule has 2 N–H and O–H groups in total. The molecule has 0 aliphatic carbocycles. The molecule has 44 valence electrons. The van der Waals surface area contributed by atoms with Gasteiger partial charge in [-0.15, -0.1) is 12.4 Å². The van der Waals surface area contributed by atoms with Gasteiger partial charge in [0.2, 0.25) is 6.54 Å². The molecule has 0 aliphatic rings. The normalized spacial score (nSPS) is 7.00. The van der Waals surface area contributed by atoms with Crippen LogP contribution in [0.3, 0.4) is 0 Å². The largest absolute Gasteiger partial charge is 0.325 e. The Morgan fingerprint density at radius 1 is 1.71 bits per heavy atom. The van der Waals surface area contributed by atoms with E-state index in [2.05, 4.69) is 0 Å². The van der Waals surface area contributed by atoms with Crippen LogP contribution in [-0.2, 0) is 0 Å². The number of hydrogen-bond donors (Lipinski definition) is 1. The van der Waals surface area contributed by atoms with E-state index < -0.39 is 4.92 Å². The minimum atomic E-state index is -0.444. The second-order valence-corrected chi connectivity index (χ2v) is 0.845. The number of nitro groups is 1. The zero-order valence-corrected chi connectivity index (χ0v) is 4.48. The van der Waals surface area contributed by atoms with E-state index in [4.69, 9.17) is 5.73 Å². The molecule has 0 atom stereocenters. The zero-order valence-electron chi connectivity index (χ0n) is 3.66. The van der Waals surface area contributed by atoms with E-state index in [1.807, 2.05) is 0 Å². The van der Waals surface area contributed by atoms with E-state index >= 15 is 0 Å². The minimum absolute atomic E-state index is 0. The second-order valence-electron chi connectivity index (χ2n) is 0.845. The minimum Gasteiger partial charge on any atom is -0.325 e. The Morgan fingerprint density at radius 2 is 2.14 bits per heavy atom. The van der Waals surface area contributed by atoms with Crippen LogP contribution in [0.5, 0.6) is 0 Å². The van der Waals surface area contributed by atoms with Crippen molar-refractivity contribution in [2.75, 3.05) is 13.1 Å². The molecule has 0 aromatic rings. The molecule has 0 spiro atoms. The Kier molecular flexibility index (Phi) is 7.92. The summed E-state index contributed by atoms with van der Waals surface area (Å²) in [6.07, 6.45) is 0. The maximum absolute atomic E-state index is 9.32. The summed E-state index contributed by atoms with van der Waals surface area (Å²) in [4.78, 5) is 8.88. The number of nitrogens with zero attached hydrogens (tertiary/aromatic N) is 1. The highest BCUT2D eigenvalue weighted by Crippen LogP contribution is 1.58. The summed E-state index contributed by atoms with van der Waals surface area (Å²) in [6, 6.07) is 0. The molecule has 0 radical (unpaired) electrons. The van der Waals surface area contributed by atoms with Crippen molar-refractivity contribution >= 4 is 12.4 Å². The van der Waals surface area contributed by atoms with Gasteiger partial charge in [0.05, 0.1) is 6.54 Å². The summed E-state index contributed by atoms with van der Waals surface area (Å²) < 4.78 is 0. The van der Waals surface area contributed by atoms with E-state index in [9.17, 15) is 10.1 Å². The van der Waals surface area contributed by atoms with E-state index in [1.54, 1.807) is 0 Å². The van der Waals surface area contributed by atoms with Gasteiger partial charge in [0, 0.05) is 4.92 Å². The lowest BCUT2D eigenvalue weighted by Crippen LogP contribution is -2.12. The third-order valence-corrected chi connectivity index (χ3v) is 0.312. The fourth-order valence-corrected chi connectivity index (χ4v) is 0.105. The highest BCUT2D eigenvalue weighted by atomic mass is 35.5. The number of hydrogen-bond acceptors (Lipinski definition) is 3. The lowest BCUT2D eigenvalue weighted by atomic mass is 10.7. The predicted molar refractivity (Wildman–Crippen MR) is 28.2 cm³/mol. The van der Waals surface area contributed by atoms with Gasteiger partial charge in [0.15, 0.2) is 0 Å². The van der Waals surface area contributed by atoms with Crippen LogP contribution in [0.15, 0.2) is 0 Å². The molecule has 0 aliphatic heterocycles. The average molecular weight is 127 g/mol. The van der Waals surface area contributed by atoms with Gasteiger partial charge < -0.3 is 5.73 Å². The maximum atomic E-state index is 9.32. The summed E-state index contributed by atoms with van der Waals surface area (Å²) in [6.45, 7) is 0.00694. The highest BCUT2D eigenvalue weighted by molar-refractivity contribution is 5.85. The molecule has 0 bridgehead atoms. The van der Waals surface area contributed by atoms with Crippen molar-refractivity contribution in [3.8, 4) is 0 Å². The van der Waals surface area contributed by atoms with Crippen molar-refractivity contribution in [3.05, 3.63) is 10.1 Å². The number of rotatable bonds is 2. The SMILES string of the molecule is Cl.NCC[N+](=O)[O-]. The number of nitrogens with two attached hydrogens (primary N) is 1. The molecule has 0 saturated carbocycles. The maximum Gasteiger partial charge on any atom is 0.215 e. The molecular weight excluding hydrogens is 119 g/mol. The summed E-state index contributed by atoms with van der Waals surface area (Å²) in [5.74, 6) is 0. The molecule has 0 aromatic carbocycles. The topological polar surface area (TPSA) is 69.2 Å². The fraction of sp³-hybridized carbons (Fsp3) is 1.00. The van der Waals surface area contributed by atoms with Crippen molar-refractivity contribution in [2.45, 2.75) is 0 Å². The van der Waals surface area contributed by atoms with Gasteiger partial charge in [-0.1, -0.05) is 0 Å². The first-order valence-electron chi connectivity index (χ1n) is 1.59. The quantitative estimate of drug-likeness (QED) is 0.406. The standard InChI is InChI=1S/C2H6N2O2.ClH/c3-1-2-4(5)6;/h1-3H2;1H. The average Bonchev–Trinajstić information content (AvgIpc) is 1.35. The van der Waals surface area contributed by atoms with Crippen LogP contribution in [0.2, 0.25) is 0 Å². The first-order chi connectivity index (χ1) is 2.77. The monoisotopic (exact) mass is 126 g/mol. The van der Waals surface area contributed by atoms with Crippen molar-refractivity contribution in [1.82, 2.24) is 0 Å². The Bertz CT molecular complexity index is 57.7. The molecule has 0 amide bonds. The number of halogens is 1. The molecular formula is C2H7ClN2O2. The predicted octanol–water partition coefficient (Wildman–Crippen LogP) is -0.356. The van der Waals surface area contributed by atoms with Gasteiger partial charge in [-0.25, -0.2) is 0 Å². The second kappa shape index (κ2) is 5.65. The van der Waals surface area contributed by atoms with Crippen LogP contribution in [0.1, 0.15) is 0 Å². The summed E-state index contributed by atoms with van der Waals surface area (Å²) >= 11 is 0. The fourth-order valence-electron chi connectivity index (χ4n) is 0.105. The lowest BCUT2D eigenvalue weighted by molar-refractivity contribution is -0.477. The van der Waals surface area contributed by atoms with Gasteiger partial charge in [0.1, 0.15) is 0 Å². The molecule has 0 saturated heterocycles. The van der Waals surface area contributed by atoms with Gasteiger partial charge in [-0.05, 0) is 0 Å². The highest BCUT2D eigenvalue weighted by Gasteiger charge is 1.86. The molecule has 4 nitrogen and oxygen atoms in total. The molecule has 0 fully saturated rings. The van der Waals surface area contributed by atoms with E-state index in [0.29, 0.717) is 0 Å². The van der Waals surface area contributed by atoms with Crippen LogP contribution in [0, 0.1) is 10.1 Å². The molecule has 0 heterocycles. The molecule has 5 heteroatoms. The van der Waals surface area contributed by atoms with Crippen LogP contribution in [0.25, 0.3) is 0 Å². The summed E-state index contributed by atoms with van der Waals surface area (Å²) in [7, 11) is 0. The lowest BCUT2D eigenvalue weighted by Gasteiger charge is -1.80. The molecule has 0 aromatic heterocycles. The molecule has 0 rings (SSSR count). The van der Waals surface area contributed by atoms with Gasteiger partial charge >= 0.3 is 0 Å². The van der Waals surface area contributed by atoms with Crippen LogP contribution in [-0.4, -0.2) is 18.0 Å². The van der Waals surface area contributed by atoms with Crippen molar-refractivity contribution in [2.24, 2.45) is 5.73 Å². The van der Waals surface area contributed by atoms with E-state index in [-0.39, 0.29) is 25.5 Å². The van der Waals surface area contributed by atoms with Gasteiger partial charge in [-0.2, -0.15) is 0 Å². The van der Waals surface area contributed by atoms with Gasteiger partial charge in [-0.3, -0.25) is 10.1 Å². The third-order valence-electron chi connectivity index (χ3n) is 0.312. The first kappa shape index (κ1) is 9.82. The van der Waals surface area contributed by atoms with Gasteiger partial charge in [0.25, 0.3) is 0 Å². The molecule has 7 heavy (non-hydrogen) atoms. The van der Waals surface area contributed by atoms with Crippen LogP contribution >= 0.6 is 12.4 Å². The Hall–Kier alpha value is -0.350.